The lowest BCUT2D eigenvalue weighted by Crippen LogP contribution is -2.02. The van der Waals surface area contributed by atoms with Crippen LogP contribution < -0.4 is 0 Å². The van der Waals surface area contributed by atoms with Crippen LogP contribution in [0, 0.1) is 0 Å². The first-order valence-corrected chi connectivity index (χ1v) is 23.6. The molecule has 0 aliphatic rings. The molecule has 0 aliphatic heterocycles. The van der Waals surface area contributed by atoms with E-state index in [-0.39, 0.29) is 0 Å². The van der Waals surface area contributed by atoms with Gasteiger partial charge in [0.25, 0.3) is 0 Å². The van der Waals surface area contributed by atoms with E-state index in [1.54, 1.807) is 24.8 Å². The second-order valence-corrected chi connectivity index (χ2v) is 17.6. The normalized spacial score (nSPS) is 11.6. The number of aromatic nitrogens is 10. The van der Waals surface area contributed by atoms with Gasteiger partial charge < -0.3 is 0 Å². The molecule has 14 rings (SSSR count). The Morgan fingerprint density at radius 3 is 1.08 bits per heavy atom. The monoisotopic (exact) mass is 920 g/mol. The fraction of sp³-hybridized carbons (Fsp3) is 0. The molecule has 6 aromatic heterocycles. The van der Waals surface area contributed by atoms with Crippen LogP contribution in [0.4, 0.5) is 0 Å². The van der Waals surface area contributed by atoms with Crippen LogP contribution in [0.1, 0.15) is 0 Å². The van der Waals surface area contributed by atoms with E-state index in [0.717, 1.165) is 110 Å². The molecule has 0 fully saturated rings. The topological polar surface area (TPSA) is 129 Å². The third-order valence-electron chi connectivity index (χ3n) is 13.3. The summed E-state index contributed by atoms with van der Waals surface area (Å²) in [7, 11) is 0. The van der Waals surface area contributed by atoms with Gasteiger partial charge in [-0.3, -0.25) is 19.9 Å². The molecule has 0 spiro atoms. The zero-order valence-corrected chi connectivity index (χ0v) is 38.3. The standard InChI is InChI=1S/C62H36N10/c1-3-31-63-51(21-1)41-13-5-15-43(35-41)57-67-59(71-61(69-57)49-19-7-11-39-17-9-33-65-55(39)49)47-29-25-37-24-28-46-48(30-26-38-23-27-45(47)53(37)54(38)46)60-68-58(44-16-6-14-42(36-44)52-22-2-4-32-64-52)70-62(72-60)50-20-8-12-40-18-10-34-66-56(40)50/h1-36H. The predicted molar refractivity (Wildman–Crippen MR) is 287 cm³/mol. The van der Waals surface area contributed by atoms with Crippen molar-refractivity contribution in [2.45, 2.75) is 0 Å². The van der Waals surface area contributed by atoms with E-state index in [4.69, 9.17) is 39.9 Å². The fourth-order valence-corrected chi connectivity index (χ4v) is 9.95. The molecule has 0 saturated heterocycles. The predicted octanol–water partition coefficient (Wildman–Crippen LogP) is 14.2. The van der Waals surface area contributed by atoms with E-state index in [9.17, 15) is 0 Å². The van der Waals surface area contributed by atoms with E-state index in [0.29, 0.717) is 34.9 Å². The highest BCUT2D eigenvalue weighted by atomic mass is 15.0. The minimum Gasteiger partial charge on any atom is -0.256 e. The Morgan fingerprint density at radius 1 is 0.236 bits per heavy atom. The van der Waals surface area contributed by atoms with Crippen LogP contribution in [0.2, 0.25) is 0 Å². The molecule has 8 aromatic carbocycles. The second kappa shape index (κ2) is 16.9. The van der Waals surface area contributed by atoms with Crippen LogP contribution in [0.25, 0.3) is 145 Å². The average molecular weight is 921 g/mol. The lowest BCUT2D eigenvalue weighted by atomic mass is 9.89. The molecule has 0 saturated carbocycles. The van der Waals surface area contributed by atoms with Gasteiger partial charge >= 0.3 is 0 Å². The summed E-state index contributed by atoms with van der Waals surface area (Å²) in [4.78, 5) is 50.4. The van der Waals surface area contributed by atoms with Crippen molar-refractivity contribution >= 4 is 54.1 Å². The van der Waals surface area contributed by atoms with E-state index in [1.165, 1.54) is 0 Å². The maximum absolute atomic E-state index is 5.29. The summed E-state index contributed by atoms with van der Waals surface area (Å²) in [5.41, 5.74) is 10.4. The molecule has 14 aromatic rings. The highest BCUT2D eigenvalue weighted by Gasteiger charge is 2.22. The smallest absolute Gasteiger partial charge is 0.166 e. The minimum absolute atomic E-state index is 0.531. The maximum Gasteiger partial charge on any atom is 0.166 e. The first-order chi connectivity index (χ1) is 35.7. The number of hydrogen-bond acceptors (Lipinski definition) is 10. The quantitative estimate of drug-likeness (QED) is 0.136. The molecule has 6 heterocycles. The van der Waals surface area contributed by atoms with Crippen LogP contribution in [-0.4, -0.2) is 49.8 Å². The Balaban J connectivity index is 0.974. The van der Waals surface area contributed by atoms with E-state index in [2.05, 4.69) is 107 Å². The minimum atomic E-state index is 0.531. The Labute approximate surface area is 411 Å². The lowest BCUT2D eigenvalue weighted by Gasteiger charge is -2.17. The summed E-state index contributed by atoms with van der Waals surface area (Å²) < 4.78 is 0. The Hall–Kier alpha value is -10.1. The van der Waals surface area contributed by atoms with Crippen LogP contribution in [0.3, 0.4) is 0 Å². The van der Waals surface area contributed by atoms with Crippen molar-refractivity contribution in [2.75, 3.05) is 0 Å². The van der Waals surface area contributed by atoms with Crippen molar-refractivity contribution in [1.29, 1.82) is 0 Å². The number of rotatable bonds is 8. The van der Waals surface area contributed by atoms with E-state index < -0.39 is 0 Å². The maximum atomic E-state index is 5.29. The van der Waals surface area contributed by atoms with Crippen molar-refractivity contribution < 1.29 is 0 Å². The summed E-state index contributed by atoms with van der Waals surface area (Å²) in [6.07, 6.45) is 7.22. The van der Waals surface area contributed by atoms with Gasteiger partial charge in [0.15, 0.2) is 34.9 Å². The van der Waals surface area contributed by atoms with Gasteiger partial charge in [-0.15, -0.1) is 0 Å². The van der Waals surface area contributed by atoms with Crippen molar-refractivity contribution in [2.24, 2.45) is 0 Å². The van der Waals surface area contributed by atoms with Crippen molar-refractivity contribution in [3.05, 3.63) is 219 Å². The Morgan fingerprint density at radius 2 is 0.625 bits per heavy atom. The second-order valence-electron chi connectivity index (χ2n) is 17.6. The first-order valence-electron chi connectivity index (χ1n) is 23.6. The number of fused-ring (bicyclic) bond motifs is 2. The van der Waals surface area contributed by atoms with E-state index >= 15 is 0 Å². The molecule has 10 nitrogen and oxygen atoms in total. The molecule has 10 heteroatoms. The molecule has 72 heavy (non-hydrogen) atoms. The molecule has 0 radical (unpaired) electrons. The summed E-state index contributed by atoms with van der Waals surface area (Å²) in [6, 6.07) is 65.7. The average Bonchev–Trinajstić information content (AvgIpc) is 3.46. The zero-order chi connectivity index (χ0) is 47.5. The molecule has 0 aliphatic carbocycles. The molecular formula is C62H36N10. The number of benzene rings is 8. The van der Waals surface area contributed by atoms with Crippen LogP contribution in [0.15, 0.2) is 219 Å². The Kier molecular flexibility index (Phi) is 9.59. The zero-order valence-electron chi connectivity index (χ0n) is 38.3. The summed E-state index contributed by atoms with van der Waals surface area (Å²) in [6.45, 7) is 0. The summed E-state index contributed by atoms with van der Waals surface area (Å²) >= 11 is 0. The molecule has 0 amide bonds. The van der Waals surface area contributed by atoms with Crippen LogP contribution >= 0.6 is 0 Å². The number of nitrogens with zero attached hydrogens (tertiary/aromatic N) is 10. The molecule has 0 atom stereocenters. The van der Waals surface area contributed by atoms with Crippen LogP contribution in [-0.2, 0) is 0 Å². The highest BCUT2D eigenvalue weighted by molar-refractivity contribution is 6.27. The van der Waals surface area contributed by atoms with Crippen LogP contribution in [0.5, 0.6) is 0 Å². The van der Waals surface area contributed by atoms with Gasteiger partial charge in [-0.2, -0.15) is 0 Å². The molecular weight excluding hydrogens is 885 g/mol. The van der Waals surface area contributed by atoms with Gasteiger partial charge in [0.2, 0.25) is 0 Å². The summed E-state index contributed by atoms with van der Waals surface area (Å²) in [5, 5.41) is 8.37. The number of hydrogen-bond donors (Lipinski definition) is 0. The fourth-order valence-electron chi connectivity index (χ4n) is 9.95. The van der Waals surface area contributed by atoms with Gasteiger partial charge in [-0.25, -0.2) is 29.9 Å². The summed E-state index contributed by atoms with van der Waals surface area (Å²) in [5.74, 6) is 3.25. The third kappa shape index (κ3) is 7.04. The van der Waals surface area contributed by atoms with Gasteiger partial charge in [-0.1, -0.05) is 121 Å². The molecule has 334 valence electrons. The SMILES string of the molecule is c1ccc(-c2cccc(-c3nc(-c4ccc5ccc6c(-c7nc(-c8cccc(-c9ccccn9)c8)nc(-c8cccc9cccnc89)n7)ccc7ccc4c5c76)nc(-c4cccc5cccnc45)n3)c2)nc1. The highest BCUT2D eigenvalue weighted by Crippen LogP contribution is 2.43. The van der Waals surface area contributed by atoms with Gasteiger partial charge in [0.1, 0.15) is 0 Å². The lowest BCUT2D eigenvalue weighted by molar-refractivity contribution is 1.08. The van der Waals surface area contributed by atoms with E-state index in [1.807, 2.05) is 97.1 Å². The van der Waals surface area contributed by atoms with Gasteiger partial charge in [-0.05, 0) is 105 Å². The van der Waals surface area contributed by atoms with Gasteiger partial charge in [0, 0.05) is 80.1 Å². The molecule has 0 unspecified atom stereocenters. The molecule has 0 N–H and O–H groups in total. The van der Waals surface area contributed by atoms with Crippen molar-refractivity contribution in [1.82, 2.24) is 49.8 Å². The molecule has 0 bridgehead atoms. The van der Waals surface area contributed by atoms with Gasteiger partial charge in [0.05, 0.1) is 22.4 Å². The third-order valence-corrected chi connectivity index (χ3v) is 13.3. The van der Waals surface area contributed by atoms with Crippen molar-refractivity contribution in [3.63, 3.8) is 0 Å². The van der Waals surface area contributed by atoms with Crippen molar-refractivity contribution in [3.8, 4) is 90.8 Å². The Bertz CT molecular complexity index is 4120. The first kappa shape index (κ1) is 41.0. The largest absolute Gasteiger partial charge is 0.256 e. The number of pyridine rings is 4. The number of para-hydroxylation sites is 2.